The quantitative estimate of drug-likeness (QED) is 0.465. The Labute approximate surface area is 174 Å². The summed E-state index contributed by atoms with van der Waals surface area (Å²) >= 11 is 0. The lowest BCUT2D eigenvalue weighted by Crippen LogP contribution is -2.21. The van der Waals surface area contributed by atoms with Crippen molar-refractivity contribution in [2.75, 3.05) is 19.5 Å². The lowest BCUT2D eigenvalue weighted by atomic mass is 10.1. The number of hydrogen-bond donors (Lipinski definition) is 2. The number of carbonyl (C=O) groups is 2. The zero-order chi connectivity index (χ0) is 21.3. The van der Waals surface area contributed by atoms with Crippen molar-refractivity contribution in [2.24, 2.45) is 5.10 Å². The van der Waals surface area contributed by atoms with Crippen LogP contribution in [-0.4, -0.2) is 32.2 Å². The number of hydrazone groups is 1. The topological polar surface area (TPSA) is 89.0 Å². The molecule has 3 rings (SSSR count). The Hall–Kier alpha value is -4.13. The van der Waals surface area contributed by atoms with Gasteiger partial charge in [0.2, 0.25) is 0 Å². The van der Waals surface area contributed by atoms with Crippen molar-refractivity contribution in [3.63, 3.8) is 0 Å². The van der Waals surface area contributed by atoms with Gasteiger partial charge in [-0.2, -0.15) is 5.10 Å². The average molecular weight is 403 g/mol. The minimum absolute atomic E-state index is 0.294. The number of nitrogens with zero attached hydrogens (tertiary/aromatic N) is 1. The first kappa shape index (κ1) is 20.6. The van der Waals surface area contributed by atoms with E-state index >= 15 is 0 Å². The third kappa shape index (κ3) is 5.23. The van der Waals surface area contributed by atoms with Crippen LogP contribution in [-0.2, 0) is 0 Å². The van der Waals surface area contributed by atoms with Gasteiger partial charge in [0.25, 0.3) is 11.8 Å². The smallest absolute Gasteiger partial charge is 0.273 e. The van der Waals surface area contributed by atoms with Crippen molar-refractivity contribution in [1.29, 1.82) is 0 Å². The molecule has 0 saturated carbocycles. The van der Waals surface area contributed by atoms with Gasteiger partial charge in [0.05, 0.1) is 31.7 Å². The molecule has 0 aliphatic rings. The number of hydrogen-bond acceptors (Lipinski definition) is 5. The van der Waals surface area contributed by atoms with Crippen LogP contribution in [0.15, 0.2) is 77.9 Å². The van der Waals surface area contributed by atoms with Crippen molar-refractivity contribution in [3.05, 3.63) is 89.5 Å². The third-order valence-corrected chi connectivity index (χ3v) is 4.25. The first-order valence-electron chi connectivity index (χ1n) is 9.12. The standard InChI is InChI=1S/C23H21N3O4/c1-29-18-12-10-17(11-13-18)22(27)25-21-9-4-3-8-20(21)23(28)26-24-15-16-6-5-7-19(14-16)30-2/h3-15H,1-2H3,(H,25,27)(H,26,28)/b24-15-. The summed E-state index contributed by atoms with van der Waals surface area (Å²) in [5.74, 6) is 0.564. The van der Waals surface area contributed by atoms with Gasteiger partial charge in [0, 0.05) is 5.56 Å². The van der Waals surface area contributed by atoms with E-state index in [1.807, 2.05) is 18.2 Å². The fourth-order valence-electron chi connectivity index (χ4n) is 2.67. The second-order valence-corrected chi connectivity index (χ2v) is 6.20. The predicted molar refractivity (Wildman–Crippen MR) is 115 cm³/mol. The van der Waals surface area contributed by atoms with Crippen molar-refractivity contribution >= 4 is 23.7 Å². The summed E-state index contributed by atoms with van der Waals surface area (Å²) in [7, 11) is 3.13. The molecule has 0 unspecified atom stereocenters. The predicted octanol–water partition coefficient (Wildman–Crippen LogP) is 3.72. The molecule has 2 amide bonds. The molecular weight excluding hydrogens is 382 g/mol. The normalized spacial score (nSPS) is 10.5. The minimum atomic E-state index is -0.445. The van der Waals surface area contributed by atoms with Crippen molar-refractivity contribution in [3.8, 4) is 11.5 Å². The maximum absolute atomic E-state index is 12.6. The van der Waals surface area contributed by atoms with Gasteiger partial charge < -0.3 is 14.8 Å². The number of anilines is 1. The van der Waals surface area contributed by atoms with Crippen LogP contribution in [0.2, 0.25) is 0 Å². The lowest BCUT2D eigenvalue weighted by Gasteiger charge is -2.10. The average Bonchev–Trinajstić information content (AvgIpc) is 2.79. The van der Waals surface area contributed by atoms with E-state index in [1.54, 1.807) is 68.8 Å². The first-order chi connectivity index (χ1) is 14.6. The number of methoxy groups -OCH3 is 2. The SMILES string of the molecule is COc1ccc(C(=O)Nc2ccccc2C(=O)N/N=C\c2cccc(OC)c2)cc1. The van der Waals surface area contributed by atoms with Crippen LogP contribution in [0, 0.1) is 0 Å². The Balaban J connectivity index is 1.69. The molecule has 0 aliphatic heterocycles. The van der Waals surface area contributed by atoms with Crippen LogP contribution < -0.4 is 20.2 Å². The van der Waals surface area contributed by atoms with E-state index in [4.69, 9.17) is 9.47 Å². The fourth-order valence-corrected chi connectivity index (χ4v) is 2.67. The van der Waals surface area contributed by atoms with Gasteiger partial charge in [-0.25, -0.2) is 5.43 Å². The van der Waals surface area contributed by atoms with Crippen molar-refractivity contribution in [2.45, 2.75) is 0 Å². The zero-order valence-electron chi connectivity index (χ0n) is 16.6. The molecule has 2 N–H and O–H groups in total. The summed E-state index contributed by atoms with van der Waals surface area (Å²) in [5.41, 5.74) is 4.37. The Bertz CT molecular complexity index is 1060. The number of benzene rings is 3. The largest absolute Gasteiger partial charge is 0.497 e. The first-order valence-corrected chi connectivity index (χ1v) is 9.12. The number of carbonyl (C=O) groups excluding carboxylic acids is 2. The highest BCUT2D eigenvalue weighted by Crippen LogP contribution is 2.18. The van der Waals surface area contributed by atoms with Crippen LogP contribution in [0.4, 0.5) is 5.69 Å². The Morgan fingerprint density at radius 3 is 2.30 bits per heavy atom. The van der Waals surface area contributed by atoms with Crippen molar-refractivity contribution < 1.29 is 19.1 Å². The highest BCUT2D eigenvalue weighted by atomic mass is 16.5. The number of ether oxygens (including phenoxy) is 2. The molecule has 0 spiro atoms. The molecule has 3 aromatic rings. The number of para-hydroxylation sites is 1. The van der Waals surface area contributed by atoms with E-state index in [-0.39, 0.29) is 5.91 Å². The molecule has 3 aromatic carbocycles. The van der Waals surface area contributed by atoms with Crippen LogP contribution >= 0.6 is 0 Å². The maximum atomic E-state index is 12.6. The fraction of sp³-hybridized carbons (Fsp3) is 0.0870. The maximum Gasteiger partial charge on any atom is 0.273 e. The summed E-state index contributed by atoms with van der Waals surface area (Å²) in [6.07, 6.45) is 1.51. The highest BCUT2D eigenvalue weighted by molar-refractivity contribution is 6.09. The molecule has 0 aliphatic carbocycles. The third-order valence-electron chi connectivity index (χ3n) is 4.25. The molecule has 30 heavy (non-hydrogen) atoms. The van der Waals surface area contributed by atoms with Crippen LogP contribution in [0.5, 0.6) is 11.5 Å². The van der Waals surface area contributed by atoms with Gasteiger partial charge in [-0.1, -0.05) is 24.3 Å². The van der Waals surface area contributed by atoms with Crippen LogP contribution in [0.3, 0.4) is 0 Å². The minimum Gasteiger partial charge on any atom is -0.497 e. The number of rotatable bonds is 7. The Morgan fingerprint density at radius 1 is 0.833 bits per heavy atom. The van der Waals surface area contributed by atoms with Gasteiger partial charge in [-0.15, -0.1) is 0 Å². The summed E-state index contributed by atoms with van der Waals surface area (Å²) in [5, 5.41) is 6.74. The van der Waals surface area contributed by atoms with Gasteiger partial charge in [-0.05, 0) is 54.1 Å². The molecule has 0 fully saturated rings. The number of nitrogens with one attached hydrogen (secondary N) is 2. The van der Waals surface area contributed by atoms with E-state index in [0.717, 1.165) is 5.56 Å². The van der Waals surface area contributed by atoms with E-state index in [0.29, 0.717) is 28.3 Å². The molecule has 0 atom stereocenters. The Kier molecular flexibility index (Phi) is 6.78. The van der Waals surface area contributed by atoms with Crippen molar-refractivity contribution in [1.82, 2.24) is 5.43 Å². The number of amides is 2. The molecule has 7 nitrogen and oxygen atoms in total. The molecule has 0 radical (unpaired) electrons. The van der Waals surface area contributed by atoms with Crippen LogP contribution in [0.1, 0.15) is 26.3 Å². The second-order valence-electron chi connectivity index (χ2n) is 6.20. The van der Waals surface area contributed by atoms with E-state index in [9.17, 15) is 9.59 Å². The monoisotopic (exact) mass is 403 g/mol. The molecule has 152 valence electrons. The summed E-state index contributed by atoms with van der Waals surface area (Å²) in [4.78, 5) is 25.1. The highest BCUT2D eigenvalue weighted by Gasteiger charge is 2.13. The van der Waals surface area contributed by atoms with E-state index in [1.165, 1.54) is 6.21 Å². The molecule has 7 heteroatoms. The summed E-state index contributed by atoms with van der Waals surface area (Å²) < 4.78 is 10.3. The van der Waals surface area contributed by atoms with Gasteiger partial charge in [-0.3, -0.25) is 9.59 Å². The molecule has 0 saturated heterocycles. The second kappa shape index (κ2) is 9.88. The lowest BCUT2D eigenvalue weighted by molar-refractivity contribution is 0.0956. The van der Waals surface area contributed by atoms with Crippen LogP contribution in [0.25, 0.3) is 0 Å². The van der Waals surface area contributed by atoms with E-state index < -0.39 is 5.91 Å². The zero-order valence-corrected chi connectivity index (χ0v) is 16.6. The van der Waals surface area contributed by atoms with Gasteiger partial charge >= 0.3 is 0 Å². The molecule has 0 heterocycles. The molecule has 0 aromatic heterocycles. The molecule has 0 bridgehead atoms. The summed E-state index contributed by atoms with van der Waals surface area (Å²) in [6, 6.07) is 20.7. The van der Waals surface area contributed by atoms with Gasteiger partial charge in [0.15, 0.2) is 0 Å². The van der Waals surface area contributed by atoms with E-state index in [2.05, 4.69) is 15.8 Å². The Morgan fingerprint density at radius 2 is 1.57 bits per heavy atom. The molecular formula is C23H21N3O4. The summed E-state index contributed by atoms with van der Waals surface area (Å²) in [6.45, 7) is 0. The van der Waals surface area contributed by atoms with Gasteiger partial charge in [0.1, 0.15) is 11.5 Å².